The van der Waals surface area contributed by atoms with Crippen LogP contribution in [0.2, 0.25) is 5.02 Å². The molecule has 2 aromatic carbocycles. The summed E-state index contributed by atoms with van der Waals surface area (Å²) in [5, 5.41) is 14.7. The Kier molecular flexibility index (Phi) is 4.39. The molecule has 6 heteroatoms. The van der Waals surface area contributed by atoms with Gasteiger partial charge in [-0.3, -0.25) is 4.79 Å². The maximum Gasteiger partial charge on any atom is 0.271 e. The number of nitrogens with zero attached hydrogens (tertiary/aromatic N) is 1. The number of hydrazone groups is 1. The number of fused-ring (bicyclic) bond motifs is 3. The molecule has 26 heavy (non-hydrogen) atoms. The first-order chi connectivity index (χ1) is 12.6. The molecule has 0 saturated carbocycles. The Morgan fingerprint density at radius 1 is 1.19 bits per heavy atom. The normalized spacial score (nSPS) is 13.9. The second kappa shape index (κ2) is 6.84. The molecule has 1 aliphatic rings. The number of rotatable bonds is 3. The van der Waals surface area contributed by atoms with Crippen molar-refractivity contribution >= 4 is 34.6 Å². The third-order valence-electron chi connectivity index (χ3n) is 4.71. The molecule has 1 aromatic heterocycles. The lowest BCUT2D eigenvalue weighted by Gasteiger charge is -2.10. The van der Waals surface area contributed by atoms with Gasteiger partial charge in [0.25, 0.3) is 5.91 Å². The number of amides is 1. The second-order valence-corrected chi connectivity index (χ2v) is 6.87. The SMILES string of the molecule is O=C(N/N=C\c1ccc(O)c(Cl)c1)c1ccc2[nH]c3c(c2c1)CCCC3. The van der Waals surface area contributed by atoms with Gasteiger partial charge in [-0.15, -0.1) is 0 Å². The summed E-state index contributed by atoms with van der Waals surface area (Å²) in [6.07, 6.45) is 6.02. The first kappa shape index (κ1) is 16.7. The molecule has 4 rings (SSSR count). The van der Waals surface area contributed by atoms with Crippen LogP contribution in [-0.2, 0) is 12.8 Å². The smallest absolute Gasteiger partial charge is 0.271 e. The van der Waals surface area contributed by atoms with Crippen molar-refractivity contribution in [1.29, 1.82) is 0 Å². The highest BCUT2D eigenvalue weighted by molar-refractivity contribution is 6.32. The van der Waals surface area contributed by atoms with Crippen LogP contribution in [-0.4, -0.2) is 22.2 Å². The molecule has 0 fully saturated rings. The molecule has 0 atom stereocenters. The van der Waals surface area contributed by atoms with Gasteiger partial charge in [0, 0.05) is 22.2 Å². The van der Waals surface area contributed by atoms with E-state index >= 15 is 0 Å². The summed E-state index contributed by atoms with van der Waals surface area (Å²) in [6, 6.07) is 10.4. The van der Waals surface area contributed by atoms with Crippen LogP contribution < -0.4 is 5.43 Å². The van der Waals surface area contributed by atoms with Gasteiger partial charge in [0.1, 0.15) is 5.75 Å². The molecule has 132 valence electrons. The molecule has 5 nitrogen and oxygen atoms in total. The molecule has 3 N–H and O–H groups in total. The van der Waals surface area contributed by atoms with E-state index in [1.807, 2.05) is 12.1 Å². The summed E-state index contributed by atoms with van der Waals surface area (Å²) < 4.78 is 0. The van der Waals surface area contributed by atoms with Gasteiger partial charge >= 0.3 is 0 Å². The van der Waals surface area contributed by atoms with Crippen molar-refractivity contribution in [3.63, 3.8) is 0 Å². The zero-order chi connectivity index (χ0) is 18.1. The Morgan fingerprint density at radius 3 is 2.88 bits per heavy atom. The fourth-order valence-corrected chi connectivity index (χ4v) is 3.57. The van der Waals surface area contributed by atoms with Crippen LogP contribution in [0.5, 0.6) is 5.75 Å². The standard InChI is InChI=1S/C20H18ClN3O2/c21-16-9-12(5-8-19(16)25)11-22-24-20(26)13-6-7-18-15(10-13)14-3-1-2-4-17(14)23-18/h5-11,23,25H,1-4H2,(H,24,26)/b22-11-. The van der Waals surface area contributed by atoms with Crippen molar-refractivity contribution in [3.8, 4) is 5.75 Å². The molecular formula is C20H18ClN3O2. The highest BCUT2D eigenvalue weighted by Crippen LogP contribution is 2.29. The van der Waals surface area contributed by atoms with E-state index < -0.39 is 0 Å². The van der Waals surface area contributed by atoms with Crippen molar-refractivity contribution in [2.75, 3.05) is 0 Å². The fraction of sp³-hybridized carbons (Fsp3) is 0.200. The molecule has 0 saturated heterocycles. The van der Waals surface area contributed by atoms with Gasteiger partial charge in [-0.2, -0.15) is 5.10 Å². The van der Waals surface area contributed by atoms with E-state index in [-0.39, 0.29) is 16.7 Å². The van der Waals surface area contributed by atoms with E-state index in [1.165, 1.54) is 36.4 Å². The van der Waals surface area contributed by atoms with Crippen molar-refractivity contribution in [3.05, 3.63) is 63.8 Å². The molecule has 1 amide bonds. The van der Waals surface area contributed by atoms with E-state index in [0.717, 1.165) is 23.7 Å². The Bertz CT molecular complexity index is 1020. The van der Waals surface area contributed by atoms with Gasteiger partial charge in [-0.1, -0.05) is 11.6 Å². The number of carbonyl (C=O) groups is 1. The summed E-state index contributed by atoms with van der Waals surface area (Å²) in [5.74, 6) is -0.255. The lowest BCUT2D eigenvalue weighted by molar-refractivity contribution is 0.0955. The third kappa shape index (κ3) is 3.18. The topological polar surface area (TPSA) is 77.5 Å². The number of benzene rings is 2. The lowest BCUT2D eigenvalue weighted by Crippen LogP contribution is -2.17. The van der Waals surface area contributed by atoms with Crippen LogP contribution in [0.1, 0.15) is 40.0 Å². The molecule has 1 heterocycles. The van der Waals surface area contributed by atoms with Gasteiger partial charge in [0.15, 0.2) is 0 Å². The Morgan fingerprint density at radius 2 is 2.04 bits per heavy atom. The van der Waals surface area contributed by atoms with Crippen molar-refractivity contribution < 1.29 is 9.90 Å². The van der Waals surface area contributed by atoms with Crippen LogP contribution >= 0.6 is 11.6 Å². The van der Waals surface area contributed by atoms with Crippen molar-refractivity contribution in [2.45, 2.75) is 25.7 Å². The van der Waals surface area contributed by atoms with E-state index in [9.17, 15) is 9.90 Å². The van der Waals surface area contributed by atoms with Crippen LogP contribution in [0.25, 0.3) is 10.9 Å². The second-order valence-electron chi connectivity index (χ2n) is 6.46. The minimum atomic E-state index is -0.265. The summed E-state index contributed by atoms with van der Waals surface area (Å²) >= 11 is 5.85. The summed E-state index contributed by atoms with van der Waals surface area (Å²) in [5.41, 5.74) is 7.50. The molecule has 0 bridgehead atoms. The zero-order valence-electron chi connectivity index (χ0n) is 14.1. The van der Waals surface area contributed by atoms with Gasteiger partial charge in [-0.25, -0.2) is 5.43 Å². The number of H-pyrrole nitrogens is 1. The Labute approximate surface area is 155 Å². The van der Waals surface area contributed by atoms with E-state index in [1.54, 1.807) is 18.2 Å². The molecule has 0 unspecified atom stereocenters. The number of hydrogen-bond donors (Lipinski definition) is 3. The zero-order valence-corrected chi connectivity index (χ0v) is 14.8. The number of phenolic OH excluding ortho intramolecular Hbond substituents is 1. The first-order valence-electron chi connectivity index (χ1n) is 8.57. The summed E-state index contributed by atoms with van der Waals surface area (Å²) in [7, 11) is 0. The number of phenols is 1. The largest absolute Gasteiger partial charge is 0.506 e. The molecule has 1 aliphatic carbocycles. The number of aromatic hydroxyl groups is 1. The van der Waals surface area contributed by atoms with Gasteiger partial charge < -0.3 is 10.1 Å². The monoisotopic (exact) mass is 367 g/mol. The number of nitrogens with one attached hydrogen (secondary N) is 2. The molecular weight excluding hydrogens is 350 g/mol. The van der Waals surface area contributed by atoms with Crippen molar-refractivity contribution in [2.24, 2.45) is 5.10 Å². The minimum absolute atomic E-state index is 0.0102. The molecule has 3 aromatic rings. The molecule has 0 radical (unpaired) electrons. The van der Waals surface area contributed by atoms with Crippen LogP contribution in [0.3, 0.4) is 0 Å². The number of halogens is 1. The van der Waals surface area contributed by atoms with Gasteiger partial charge in [0.2, 0.25) is 0 Å². The van der Waals surface area contributed by atoms with Crippen LogP contribution in [0.15, 0.2) is 41.5 Å². The lowest BCUT2D eigenvalue weighted by atomic mass is 9.95. The third-order valence-corrected chi connectivity index (χ3v) is 5.01. The average Bonchev–Trinajstić information content (AvgIpc) is 3.02. The Balaban J connectivity index is 1.52. The van der Waals surface area contributed by atoms with E-state index in [0.29, 0.717) is 11.1 Å². The predicted octanol–water partition coefficient (Wildman–Crippen LogP) is 4.17. The Hall–Kier alpha value is -2.79. The highest BCUT2D eigenvalue weighted by atomic mass is 35.5. The average molecular weight is 368 g/mol. The maximum atomic E-state index is 12.4. The highest BCUT2D eigenvalue weighted by Gasteiger charge is 2.16. The number of aromatic amines is 1. The fourth-order valence-electron chi connectivity index (χ4n) is 3.38. The van der Waals surface area contributed by atoms with E-state index in [2.05, 4.69) is 15.5 Å². The van der Waals surface area contributed by atoms with Crippen LogP contribution in [0, 0.1) is 0 Å². The number of hydrogen-bond acceptors (Lipinski definition) is 3. The first-order valence-corrected chi connectivity index (χ1v) is 8.95. The molecule has 0 spiro atoms. The van der Waals surface area contributed by atoms with Crippen molar-refractivity contribution in [1.82, 2.24) is 10.4 Å². The van der Waals surface area contributed by atoms with Gasteiger partial charge in [-0.05, 0) is 73.2 Å². The summed E-state index contributed by atoms with van der Waals surface area (Å²) in [6.45, 7) is 0. The van der Waals surface area contributed by atoms with Gasteiger partial charge in [0.05, 0.1) is 11.2 Å². The molecule has 0 aliphatic heterocycles. The maximum absolute atomic E-state index is 12.4. The number of aryl methyl sites for hydroxylation is 2. The minimum Gasteiger partial charge on any atom is -0.506 e. The van der Waals surface area contributed by atoms with Crippen LogP contribution in [0.4, 0.5) is 0 Å². The van der Waals surface area contributed by atoms with E-state index in [4.69, 9.17) is 11.6 Å². The predicted molar refractivity (Wildman–Crippen MR) is 103 cm³/mol. The number of carbonyl (C=O) groups excluding carboxylic acids is 1. The number of aromatic nitrogens is 1. The quantitative estimate of drug-likeness (QED) is 0.480. The summed E-state index contributed by atoms with van der Waals surface area (Å²) in [4.78, 5) is 15.9.